The maximum absolute atomic E-state index is 12.4. The Morgan fingerprint density at radius 3 is 2.50 bits per heavy atom. The number of nitrogens with zero attached hydrogens (tertiary/aromatic N) is 2. The van der Waals surface area contributed by atoms with Crippen LogP contribution in [0.3, 0.4) is 0 Å². The predicted molar refractivity (Wildman–Crippen MR) is 75.1 cm³/mol. The minimum atomic E-state index is -0.167. The maximum Gasteiger partial charge on any atom is 0.254 e. The van der Waals surface area contributed by atoms with Gasteiger partial charge in [-0.1, -0.05) is 25.4 Å². The smallest absolute Gasteiger partial charge is 0.254 e. The molecule has 0 bridgehead atoms. The molecule has 0 aliphatic carbocycles. The van der Waals surface area contributed by atoms with Crippen LogP contribution in [0.15, 0.2) is 12.1 Å². The fourth-order valence-electron chi connectivity index (χ4n) is 1.56. The van der Waals surface area contributed by atoms with Crippen molar-refractivity contribution in [2.45, 2.75) is 46.1 Å². The average molecular weight is 269 g/mol. The van der Waals surface area contributed by atoms with Crippen molar-refractivity contribution in [2.75, 3.05) is 7.05 Å². The van der Waals surface area contributed by atoms with E-state index in [4.69, 9.17) is 11.6 Å². The number of aromatic nitrogens is 1. The van der Waals surface area contributed by atoms with Crippen LogP contribution in [0.5, 0.6) is 0 Å². The van der Waals surface area contributed by atoms with Gasteiger partial charge in [0, 0.05) is 23.8 Å². The van der Waals surface area contributed by atoms with Crippen molar-refractivity contribution >= 4 is 17.5 Å². The van der Waals surface area contributed by atoms with Gasteiger partial charge in [0.2, 0.25) is 0 Å². The molecule has 0 aliphatic heterocycles. The van der Waals surface area contributed by atoms with Crippen molar-refractivity contribution < 1.29 is 4.79 Å². The van der Waals surface area contributed by atoms with Gasteiger partial charge in [0.25, 0.3) is 5.91 Å². The van der Waals surface area contributed by atoms with E-state index in [-0.39, 0.29) is 11.4 Å². The van der Waals surface area contributed by atoms with Crippen LogP contribution in [0.2, 0.25) is 5.15 Å². The second-order valence-corrected chi connectivity index (χ2v) is 5.44. The van der Waals surface area contributed by atoms with E-state index < -0.39 is 0 Å². The van der Waals surface area contributed by atoms with Crippen LogP contribution in [-0.4, -0.2) is 28.4 Å². The van der Waals surface area contributed by atoms with E-state index in [1.165, 1.54) is 0 Å². The van der Waals surface area contributed by atoms with Crippen LogP contribution in [-0.2, 0) is 6.42 Å². The largest absolute Gasteiger partial charge is 0.337 e. The Morgan fingerprint density at radius 2 is 2.00 bits per heavy atom. The number of carbonyl (C=O) groups is 1. The molecule has 0 atom stereocenters. The number of pyridine rings is 1. The van der Waals surface area contributed by atoms with E-state index in [1.807, 2.05) is 20.0 Å². The highest BCUT2D eigenvalue weighted by Crippen LogP contribution is 2.21. The van der Waals surface area contributed by atoms with Gasteiger partial charge in [-0.25, -0.2) is 4.98 Å². The first-order chi connectivity index (χ1) is 8.31. The van der Waals surface area contributed by atoms with Gasteiger partial charge < -0.3 is 4.90 Å². The molecule has 1 heterocycles. The molecule has 0 fully saturated rings. The molecule has 1 aromatic rings. The summed E-state index contributed by atoms with van der Waals surface area (Å²) in [7, 11) is 1.83. The molecule has 1 rings (SSSR count). The highest BCUT2D eigenvalue weighted by molar-refractivity contribution is 6.29. The molecule has 0 spiro atoms. The molecule has 0 unspecified atom stereocenters. The van der Waals surface area contributed by atoms with E-state index in [9.17, 15) is 4.79 Å². The first-order valence-corrected chi connectivity index (χ1v) is 6.64. The lowest BCUT2D eigenvalue weighted by molar-refractivity contribution is 0.0620. The van der Waals surface area contributed by atoms with Gasteiger partial charge in [-0.15, -0.1) is 0 Å². The SMILES string of the molecule is CCc1cc(C(=O)N(C)C(C)(C)CC)cc(Cl)n1. The number of carbonyl (C=O) groups excluding carboxylic acids is 1. The zero-order valence-corrected chi connectivity index (χ0v) is 12.5. The molecule has 0 aromatic carbocycles. The quantitative estimate of drug-likeness (QED) is 0.783. The van der Waals surface area contributed by atoms with Crippen LogP contribution in [0, 0.1) is 0 Å². The summed E-state index contributed by atoms with van der Waals surface area (Å²) in [6, 6.07) is 3.45. The van der Waals surface area contributed by atoms with Gasteiger partial charge in [0.1, 0.15) is 5.15 Å². The van der Waals surface area contributed by atoms with Crippen molar-refractivity contribution in [1.82, 2.24) is 9.88 Å². The standard InChI is InChI=1S/C14H21ClN2O/c1-6-11-8-10(9-12(15)16-11)13(18)17(5)14(3,4)7-2/h8-9H,6-7H2,1-5H3. The lowest BCUT2D eigenvalue weighted by Gasteiger charge is -2.35. The Kier molecular flexibility index (Phi) is 4.74. The highest BCUT2D eigenvalue weighted by Gasteiger charge is 2.26. The summed E-state index contributed by atoms with van der Waals surface area (Å²) in [5.74, 6) is -0.0131. The van der Waals surface area contributed by atoms with Gasteiger partial charge in [0.05, 0.1) is 0 Å². The number of aryl methyl sites for hydroxylation is 1. The third kappa shape index (κ3) is 3.22. The van der Waals surface area contributed by atoms with Gasteiger partial charge >= 0.3 is 0 Å². The fraction of sp³-hybridized carbons (Fsp3) is 0.571. The number of hydrogen-bond donors (Lipinski definition) is 0. The number of halogens is 1. The molecule has 100 valence electrons. The minimum absolute atomic E-state index is 0.0131. The van der Waals surface area contributed by atoms with Crippen molar-refractivity contribution in [3.8, 4) is 0 Å². The first kappa shape index (κ1) is 15.0. The van der Waals surface area contributed by atoms with Crippen LogP contribution in [0.1, 0.15) is 50.2 Å². The monoisotopic (exact) mass is 268 g/mol. The zero-order valence-electron chi connectivity index (χ0n) is 11.7. The molecule has 0 aliphatic rings. The maximum atomic E-state index is 12.4. The summed E-state index contributed by atoms with van der Waals surface area (Å²) in [6.07, 6.45) is 1.66. The van der Waals surface area contributed by atoms with Crippen molar-refractivity contribution in [3.63, 3.8) is 0 Å². The minimum Gasteiger partial charge on any atom is -0.337 e. The molecular weight excluding hydrogens is 248 g/mol. The van der Waals surface area contributed by atoms with Crippen molar-refractivity contribution in [2.24, 2.45) is 0 Å². The molecular formula is C14H21ClN2O. The zero-order chi connectivity index (χ0) is 13.9. The fourth-order valence-corrected chi connectivity index (χ4v) is 1.79. The molecule has 3 nitrogen and oxygen atoms in total. The van der Waals surface area contributed by atoms with Crippen molar-refractivity contribution in [3.05, 3.63) is 28.5 Å². The van der Waals surface area contributed by atoms with E-state index >= 15 is 0 Å². The van der Waals surface area contributed by atoms with Crippen LogP contribution >= 0.6 is 11.6 Å². The van der Waals surface area contributed by atoms with E-state index in [0.29, 0.717) is 10.7 Å². The first-order valence-electron chi connectivity index (χ1n) is 6.26. The average Bonchev–Trinajstić information content (AvgIpc) is 2.36. The summed E-state index contributed by atoms with van der Waals surface area (Å²) in [4.78, 5) is 18.3. The third-order valence-corrected chi connectivity index (χ3v) is 3.73. The second kappa shape index (κ2) is 5.70. The number of hydrogen-bond acceptors (Lipinski definition) is 2. The number of rotatable bonds is 4. The van der Waals surface area contributed by atoms with Crippen LogP contribution < -0.4 is 0 Å². The second-order valence-electron chi connectivity index (χ2n) is 5.05. The van der Waals surface area contributed by atoms with Gasteiger partial charge in [-0.3, -0.25) is 4.79 Å². The predicted octanol–water partition coefficient (Wildman–Crippen LogP) is 3.56. The van der Waals surface area contributed by atoms with E-state index in [0.717, 1.165) is 18.5 Å². The Balaban J connectivity index is 3.07. The Labute approximate surface area is 114 Å². The number of amides is 1. The van der Waals surface area contributed by atoms with Crippen molar-refractivity contribution in [1.29, 1.82) is 0 Å². The molecule has 0 saturated carbocycles. The molecule has 4 heteroatoms. The molecule has 18 heavy (non-hydrogen) atoms. The molecule has 0 radical (unpaired) electrons. The molecule has 0 saturated heterocycles. The van der Waals surface area contributed by atoms with Gasteiger partial charge in [-0.2, -0.15) is 0 Å². The summed E-state index contributed by atoms with van der Waals surface area (Å²) >= 11 is 5.94. The molecule has 1 amide bonds. The molecule has 0 N–H and O–H groups in total. The highest BCUT2D eigenvalue weighted by atomic mass is 35.5. The lowest BCUT2D eigenvalue weighted by Crippen LogP contribution is -2.44. The Morgan fingerprint density at radius 1 is 1.39 bits per heavy atom. The van der Waals surface area contributed by atoms with E-state index in [2.05, 4.69) is 25.8 Å². The normalized spacial score (nSPS) is 11.4. The Hall–Kier alpha value is -1.09. The molecule has 1 aromatic heterocycles. The van der Waals surface area contributed by atoms with E-state index in [1.54, 1.807) is 11.0 Å². The van der Waals surface area contributed by atoms with Crippen LogP contribution in [0.4, 0.5) is 0 Å². The van der Waals surface area contributed by atoms with Crippen LogP contribution in [0.25, 0.3) is 0 Å². The summed E-state index contributed by atoms with van der Waals surface area (Å²) < 4.78 is 0. The Bertz CT molecular complexity index is 443. The lowest BCUT2D eigenvalue weighted by atomic mass is 9.99. The van der Waals surface area contributed by atoms with Gasteiger partial charge in [0.15, 0.2) is 0 Å². The summed E-state index contributed by atoms with van der Waals surface area (Å²) in [6.45, 7) is 8.16. The van der Waals surface area contributed by atoms with Gasteiger partial charge in [-0.05, 0) is 38.8 Å². The topological polar surface area (TPSA) is 33.2 Å². The summed E-state index contributed by atoms with van der Waals surface area (Å²) in [5.41, 5.74) is 1.28. The summed E-state index contributed by atoms with van der Waals surface area (Å²) in [5, 5.41) is 0.375. The third-order valence-electron chi connectivity index (χ3n) is 3.53.